The molecule has 1 rings (SSSR count). The molecule has 0 bridgehead atoms. The molecule has 0 saturated heterocycles. The zero-order chi connectivity index (χ0) is 11.3. The van der Waals surface area contributed by atoms with Crippen molar-refractivity contribution in [2.24, 2.45) is 5.92 Å². The third-order valence-electron chi connectivity index (χ3n) is 2.36. The zero-order valence-electron chi connectivity index (χ0n) is 10.0. The van der Waals surface area contributed by atoms with Crippen LogP contribution in [0.1, 0.15) is 30.3 Å². The van der Waals surface area contributed by atoms with Gasteiger partial charge in [0.2, 0.25) is 0 Å². The summed E-state index contributed by atoms with van der Waals surface area (Å²) in [4.78, 5) is 1.44. The van der Waals surface area contributed by atoms with Crippen LogP contribution in [0.4, 0.5) is 0 Å². The molecule has 1 unspecified atom stereocenters. The SMILES string of the molecule is CNC(CSCC(C)C)c1ccsc1C. The van der Waals surface area contributed by atoms with Crippen LogP contribution in [-0.2, 0) is 0 Å². The third-order valence-corrected chi connectivity index (χ3v) is 4.69. The van der Waals surface area contributed by atoms with E-state index in [1.165, 1.54) is 21.9 Å². The molecule has 1 aromatic heterocycles. The summed E-state index contributed by atoms with van der Waals surface area (Å²) in [5.74, 6) is 3.21. The molecule has 0 spiro atoms. The van der Waals surface area contributed by atoms with Crippen molar-refractivity contribution in [2.75, 3.05) is 18.6 Å². The highest BCUT2D eigenvalue weighted by molar-refractivity contribution is 7.99. The molecule has 1 aromatic rings. The van der Waals surface area contributed by atoms with Crippen LogP contribution in [0.3, 0.4) is 0 Å². The van der Waals surface area contributed by atoms with Gasteiger partial charge in [0.05, 0.1) is 0 Å². The van der Waals surface area contributed by atoms with Crippen LogP contribution in [0.15, 0.2) is 11.4 Å². The van der Waals surface area contributed by atoms with Gasteiger partial charge in [-0.05, 0) is 42.7 Å². The highest BCUT2D eigenvalue weighted by Gasteiger charge is 2.12. The fraction of sp³-hybridized carbons (Fsp3) is 0.667. The molecule has 1 atom stereocenters. The number of thioether (sulfide) groups is 1. The molecule has 0 amide bonds. The van der Waals surface area contributed by atoms with Gasteiger partial charge in [0.1, 0.15) is 0 Å². The Balaban J connectivity index is 2.46. The standard InChI is InChI=1S/C12H21NS2/c1-9(2)7-14-8-12(13-4)11-5-6-15-10(11)3/h5-6,9,12-13H,7-8H2,1-4H3. The van der Waals surface area contributed by atoms with Gasteiger partial charge in [-0.25, -0.2) is 0 Å². The van der Waals surface area contributed by atoms with Crippen LogP contribution in [0, 0.1) is 12.8 Å². The molecular weight excluding hydrogens is 222 g/mol. The summed E-state index contributed by atoms with van der Waals surface area (Å²) in [7, 11) is 2.05. The molecule has 0 aliphatic rings. The van der Waals surface area contributed by atoms with Crippen LogP contribution < -0.4 is 5.32 Å². The van der Waals surface area contributed by atoms with Crippen molar-refractivity contribution in [1.82, 2.24) is 5.32 Å². The predicted molar refractivity (Wildman–Crippen MR) is 73.0 cm³/mol. The van der Waals surface area contributed by atoms with Crippen molar-refractivity contribution in [3.05, 3.63) is 21.9 Å². The highest BCUT2D eigenvalue weighted by atomic mass is 32.2. The maximum Gasteiger partial charge on any atom is 0.0420 e. The Morgan fingerprint density at radius 1 is 1.40 bits per heavy atom. The monoisotopic (exact) mass is 243 g/mol. The minimum atomic E-state index is 0.514. The molecule has 0 aliphatic carbocycles. The summed E-state index contributed by atoms with van der Waals surface area (Å²) in [6.07, 6.45) is 0. The average Bonchev–Trinajstić information content (AvgIpc) is 2.59. The number of hydrogen-bond donors (Lipinski definition) is 1. The first-order valence-corrected chi connectivity index (χ1v) is 7.47. The van der Waals surface area contributed by atoms with E-state index in [-0.39, 0.29) is 0 Å². The fourth-order valence-electron chi connectivity index (χ4n) is 1.51. The lowest BCUT2D eigenvalue weighted by Crippen LogP contribution is -2.19. The Hall–Kier alpha value is 0.01000. The molecule has 1 heterocycles. The summed E-state index contributed by atoms with van der Waals surface area (Å²) < 4.78 is 0. The van der Waals surface area contributed by atoms with Crippen LogP contribution in [0.2, 0.25) is 0 Å². The van der Waals surface area contributed by atoms with Crippen LogP contribution in [0.5, 0.6) is 0 Å². The second-order valence-corrected chi connectivity index (χ2v) is 6.40. The number of hydrogen-bond acceptors (Lipinski definition) is 3. The van der Waals surface area contributed by atoms with E-state index in [0.717, 1.165) is 5.92 Å². The van der Waals surface area contributed by atoms with E-state index in [0.29, 0.717) is 6.04 Å². The molecule has 15 heavy (non-hydrogen) atoms. The second-order valence-electron chi connectivity index (χ2n) is 4.20. The first-order chi connectivity index (χ1) is 7.15. The van der Waals surface area contributed by atoms with Crippen LogP contribution >= 0.6 is 23.1 Å². The number of thiophene rings is 1. The van der Waals surface area contributed by atoms with Crippen molar-refractivity contribution in [1.29, 1.82) is 0 Å². The van der Waals surface area contributed by atoms with Gasteiger partial charge in [0, 0.05) is 16.7 Å². The van der Waals surface area contributed by atoms with E-state index >= 15 is 0 Å². The van der Waals surface area contributed by atoms with Crippen molar-refractivity contribution in [2.45, 2.75) is 26.8 Å². The van der Waals surface area contributed by atoms with Gasteiger partial charge in [-0.15, -0.1) is 11.3 Å². The summed E-state index contributed by atoms with van der Waals surface area (Å²) in [6, 6.07) is 2.76. The van der Waals surface area contributed by atoms with E-state index in [2.05, 4.69) is 44.6 Å². The Morgan fingerprint density at radius 3 is 2.60 bits per heavy atom. The molecule has 0 saturated carbocycles. The molecule has 0 aliphatic heterocycles. The lowest BCUT2D eigenvalue weighted by atomic mass is 10.1. The predicted octanol–water partition coefficient (Wildman–Crippen LogP) is 3.71. The quantitative estimate of drug-likeness (QED) is 0.817. The molecule has 1 N–H and O–H groups in total. The molecule has 0 aromatic carbocycles. The Kier molecular flexibility index (Phi) is 5.72. The van der Waals surface area contributed by atoms with E-state index in [1.807, 2.05) is 23.1 Å². The van der Waals surface area contributed by atoms with Crippen LogP contribution in [0.25, 0.3) is 0 Å². The van der Waals surface area contributed by atoms with Gasteiger partial charge in [-0.3, -0.25) is 0 Å². The highest BCUT2D eigenvalue weighted by Crippen LogP contribution is 2.25. The molecule has 3 heteroatoms. The summed E-state index contributed by atoms with van der Waals surface area (Å²) in [5.41, 5.74) is 1.47. The fourth-order valence-corrected chi connectivity index (χ4v) is 3.46. The normalized spacial score (nSPS) is 13.4. The van der Waals surface area contributed by atoms with Crippen molar-refractivity contribution in [3.63, 3.8) is 0 Å². The number of aryl methyl sites for hydroxylation is 1. The van der Waals surface area contributed by atoms with Gasteiger partial charge in [0.25, 0.3) is 0 Å². The Labute approximate surface area is 102 Å². The summed E-state index contributed by atoms with van der Waals surface area (Å²) in [5, 5.41) is 5.59. The minimum Gasteiger partial charge on any atom is -0.312 e. The van der Waals surface area contributed by atoms with Gasteiger partial charge in [-0.1, -0.05) is 13.8 Å². The lowest BCUT2D eigenvalue weighted by Gasteiger charge is -2.16. The third kappa shape index (κ3) is 4.17. The van der Waals surface area contributed by atoms with Crippen molar-refractivity contribution < 1.29 is 0 Å². The number of rotatable bonds is 6. The smallest absolute Gasteiger partial charge is 0.0420 e. The maximum absolute atomic E-state index is 3.40. The number of nitrogens with one attached hydrogen (secondary N) is 1. The second kappa shape index (κ2) is 6.56. The molecule has 86 valence electrons. The lowest BCUT2D eigenvalue weighted by molar-refractivity contribution is 0.658. The van der Waals surface area contributed by atoms with Crippen molar-refractivity contribution >= 4 is 23.1 Å². The summed E-state index contributed by atoms with van der Waals surface area (Å²) in [6.45, 7) is 6.76. The summed E-state index contributed by atoms with van der Waals surface area (Å²) >= 11 is 3.88. The zero-order valence-corrected chi connectivity index (χ0v) is 11.7. The van der Waals surface area contributed by atoms with Gasteiger partial charge in [-0.2, -0.15) is 11.8 Å². The van der Waals surface area contributed by atoms with E-state index in [1.54, 1.807) is 0 Å². The topological polar surface area (TPSA) is 12.0 Å². The minimum absolute atomic E-state index is 0.514. The first-order valence-electron chi connectivity index (χ1n) is 5.44. The van der Waals surface area contributed by atoms with Crippen molar-refractivity contribution in [3.8, 4) is 0 Å². The largest absolute Gasteiger partial charge is 0.312 e. The Morgan fingerprint density at radius 2 is 2.13 bits per heavy atom. The van der Waals surface area contributed by atoms with E-state index in [9.17, 15) is 0 Å². The maximum atomic E-state index is 3.40. The van der Waals surface area contributed by atoms with Crippen LogP contribution in [-0.4, -0.2) is 18.6 Å². The molecule has 0 fully saturated rings. The first kappa shape index (κ1) is 13.1. The molecule has 1 nitrogen and oxygen atoms in total. The van der Waals surface area contributed by atoms with Gasteiger partial charge >= 0.3 is 0 Å². The molecular formula is C12H21NS2. The molecule has 0 radical (unpaired) electrons. The van der Waals surface area contributed by atoms with Gasteiger partial charge in [0.15, 0.2) is 0 Å². The average molecular weight is 243 g/mol. The van der Waals surface area contributed by atoms with Gasteiger partial charge < -0.3 is 5.32 Å². The van der Waals surface area contributed by atoms with E-state index in [4.69, 9.17) is 0 Å². The Bertz CT molecular complexity index is 281. The van der Waals surface area contributed by atoms with E-state index < -0.39 is 0 Å².